The van der Waals surface area contributed by atoms with E-state index in [4.69, 9.17) is 13.8 Å². The Morgan fingerprint density at radius 2 is 1.75 bits per heavy atom. The minimum absolute atomic E-state index is 0.375. The van der Waals surface area contributed by atoms with E-state index in [1.165, 1.54) is 6.39 Å². The molecule has 0 spiro atoms. The van der Waals surface area contributed by atoms with Crippen molar-refractivity contribution in [3.8, 4) is 11.4 Å². The van der Waals surface area contributed by atoms with Crippen molar-refractivity contribution in [2.24, 2.45) is 0 Å². The fourth-order valence-corrected chi connectivity index (χ4v) is 1.99. The molecule has 2 aromatic rings. The first-order valence-electron chi connectivity index (χ1n) is 6.46. The largest absolute Gasteiger partial charge is 0.496 e. The molecule has 0 radical (unpaired) electrons. The summed E-state index contributed by atoms with van der Waals surface area (Å²) in [4.78, 5) is 8.21. The first-order chi connectivity index (χ1) is 9.39. The molecular weight excluding hydrogens is 257 g/mol. The van der Waals surface area contributed by atoms with E-state index < -0.39 is 7.12 Å². The summed E-state index contributed by atoms with van der Waals surface area (Å²) >= 11 is 0. The molecule has 20 heavy (non-hydrogen) atoms. The molecule has 0 bridgehead atoms. The topological polar surface area (TPSA) is 70.3 Å². The fourth-order valence-electron chi connectivity index (χ4n) is 1.99. The van der Waals surface area contributed by atoms with Crippen LogP contribution in [-0.2, 0) is 9.31 Å². The number of nitrogens with zero attached hydrogens (tertiary/aromatic N) is 3. The van der Waals surface area contributed by atoms with E-state index >= 15 is 0 Å². The van der Waals surface area contributed by atoms with Gasteiger partial charge in [-0.25, -0.2) is 0 Å². The van der Waals surface area contributed by atoms with E-state index in [0.717, 1.165) is 11.0 Å². The summed E-state index contributed by atoms with van der Waals surface area (Å²) in [7, 11) is -0.445. The Morgan fingerprint density at radius 1 is 1.05 bits per heavy atom. The second-order valence-corrected chi connectivity index (χ2v) is 5.85. The first-order valence-corrected chi connectivity index (χ1v) is 6.46. The van der Waals surface area contributed by atoms with E-state index in [1.54, 1.807) is 12.4 Å². The van der Waals surface area contributed by atoms with Gasteiger partial charge in [0.2, 0.25) is 12.2 Å². The van der Waals surface area contributed by atoms with Gasteiger partial charge in [-0.1, -0.05) is 5.16 Å². The second kappa shape index (κ2) is 4.39. The number of hydrogen-bond acceptors (Lipinski definition) is 6. The summed E-state index contributed by atoms with van der Waals surface area (Å²) in [5, 5.41) is 3.80. The lowest BCUT2D eigenvalue weighted by atomic mass is 9.80. The number of aromatic nitrogens is 3. The maximum atomic E-state index is 6.00. The minimum Gasteiger partial charge on any atom is -0.399 e. The summed E-state index contributed by atoms with van der Waals surface area (Å²) in [5.74, 6) is 0.496. The average molecular weight is 273 g/mol. The Kier molecular flexibility index (Phi) is 2.91. The van der Waals surface area contributed by atoms with Crippen LogP contribution in [0.1, 0.15) is 27.7 Å². The highest BCUT2D eigenvalue weighted by Crippen LogP contribution is 2.36. The highest BCUT2D eigenvalue weighted by Gasteiger charge is 2.51. The van der Waals surface area contributed by atoms with Gasteiger partial charge in [-0.05, 0) is 33.8 Å². The van der Waals surface area contributed by atoms with Gasteiger partial charge in [-0.15, -0.1) is 0 Å². The van der Waals surface area contributed by atoms with Gasteiger partial charge in [-0.3, -0.25) is 4.98 Å². The molecule has 104 valence electrons. The Bertz CT molecular complexity index is 597. The molecule has 1 saturated heterocycles. The number of pyridine rings is 1. The predicted octanol–water partition coefficient (Wildman–Crippen LogP) is 1.43. The van der Waals surface area contributed by atoms with Crippen LogP contribution in [-0.4, -0.2) is 33.4 Å². The molecule has 7 heteroatoms. The van der Waals surface area contributed by atoms with Crippen molar-refractivity contribution < 1.29 is 13.8 Å². The molecule has 1 aliphatic heterocycles. The fraction of sp³-hybridized carbons (Fsp3) is 0.462. The van der Waals surface area contributed by atoms with E-state index in [-0.39, 0.29) is 11.2 Å². The van der Waals surface area contributed by atoms with E-state index in [1.807, 2.05) is 33.8 Å². The van der Waals surface area contributed by atoms with Gasteiger partial charge < -0.3 is 13.8 Å². The Hall–Kier alpha value is -1.73. The molecule has 2 aromatic heterocycles. The third-order valence-corrected chi connectivity index (χ3v) is 3.90. The van der Waals surface area contributed by atoms with Gasteiger partial charge in [0.1, 0.15) is 0 Å². The molecular formula is C13H16BN3O3. The van der Waals surface area contributed by atoms with Crippen LogP contribution in [0.3, 0.4) is 0 Å². The first kappa shape index (κ1) is 13.3. The lowest BCUT2D eigenvalue weighted by Gasteiger charge is -2.32. The maximum absolute atomic E-state index is 6.00. The highest BCUT2D eigenvalue weighted by molar-refractivity contribution is 6.62. The van der Waals surface area contributed by atoms with Crippen molar-refractivity contribution in [3.63, 3.8) is 0 Å². The summed E-state index contributed by atoms with van der Waals surface area (Å²) in [6.07, 6.45) is 4.70. The third-order valence-electron chi connectivity index (χ3n) is 3.90. The molecule has 3 rings (SSSR count). The number of rotatable bonds is 2. The van der Waals surface area contributed by atoms with E-state index in [2.05, 4.69) is 15.1 Å². The quantitative estimate of drug-likeness (QED) is 0.771. The van der Waals surface area contributed by atoms with E-state index in [9.17, 15) is 0 Å². The summed E-state index contributed by atoms with van der Waals surface area (Å²) < 4.78 is 16.7. The van der Waals surface area contributed by atoms with Crippen molar-refractivity contribution in [2.75, 3.05) is 0 Å². The zero-order chi connectivity index (χ0) is 14.4. The van der Waals surface area contributed by atoms with Crippen molar-refractivity contribution >= 4 is 12.6 Å². The molecule has 0 aromatic carbocycles. The van der Waals surface area contributed by atoms with Gasteiger partial charge in [0.05, 0.1) is 11.2 Å². The van der Waals surface area contributed by atoms with Crippen LogP contribution >= 0.6 is 0 Å². The van der Waals surface area contributed by atoms with Crippen LogP contribution < -0.4 is 5.46 Å². The molecule has 3 heterocycles. The zero-order valence-electron chi connectivity index (χ0n) is 12.0. The lowest BCUT2D eigenvalue weighted by molar-refractivity contribution is 0.00578. The van der Waals surface area contributed by atoms with Crippen LogP contribution in [0, 0.1) is 0 Å². The molecule has 1 fully saturated rings. The molecule has 0 unspecified atom stereocenters. The molecule has 0 saturated carbocycles. The minimum atomic E-state index is -0.445. The second-order valence-electron chi connectivity index (χ2n) is 5.85. The van der Waals surface area contributed by atoms with Crippen LogP contribution in [0.2, 0.25) is 0 Å². The highest BCUT2D eigenvalue weighted by atomic mass is 16.7. The van der Waals surface area contributed by atoms with Crippen molar-refractivity contribution in [1.29, 1.82) is 0 Å². The molecule has 0 amide bonds. The van der Waals surface area contributed by atoms with Crippen molar-refractivity contribution in [2.45, 2.75) is 38.9 Å². The number of hydrogen-bond donors (Lipinski definition) is 0. The van der Waals surface area contributed by atoms with E-state index in [0.29, 0.717) is 5.82 Å². The molecule has 0 atom stereocenters. The molecule has 6 nitrogen and oxygen atoms in total. The van der Waals surface area contributed by atoms with Crippen LogP contribution in [0.5, 0.6) is 0 Å². The molecule has 0 N–H and O–H groups in total. The average Bonchev–Trinajstić information content (AvgIpc) is 2.97. The normalized spacial score (nSPS) is 20.3. The van der Waals surface area contributed by atoms with Crippen LogP contribution in [0.15, 0.2) is 29.4 Å². The van der Waals surface area contributed by atoms with Gasteiger partial charge in [0, 0.05) is 23.4 Å². The Morgan fingerprint density at radius 3 is 2.35 bits per heavy atom. The lowest BCUT2D eigenvalue weighted by Crippen LogP contribution is -2.41. The van der Waals surface area contributed by atoms with Crippen LogP contribution in [0.4, 0.5) is 0 Å². The van der Waals surface area contributed by atoms with Gasteiger partial charge in [0.15, 0.2) is 0 Å². The van der Waals surface area contributed by atoms with Gasteiger partial charge in [-0.2, -0.15) is 4.98 Å². The standard InChI is InChI=1S/C13H16BN3O3/c1-12(2)13(3,4)20-14(19-12)10-5-9(6-15-7-10)11-16-8-18-17-11/h5-8H,1-4H3. The molecule has 0 aliphatic carbocycles. The van der Waals surface area contributed by atoms with Gasteiger partial charge >= 0.3 is 7.12 Å². The maximum Gasteiger partial charge on any atom is 0.496 e. The smallest absolute Gasteiger partial charge is 0.399 e. The zero-order valence-corrected chi connectivity index (χ0v) is 12.0. The summed E-state index contributed by atoms with van der Waals surface area (Å²) in [5.41, 5.74) is 0.858. The predicted molar refractivity (Wildman–Crippen MR) is 73.2 cm³/mol. The third kappa shape index (κ3) is 2.12. The Labute approximate surface area is 117 Å². The summed E-state index contributed by atoms with van der Waals surface area (Å²) in [6.45, 7) is 8.07. The molecule has 1 aliphatic rings. The Balaban J connectivity index is 1.91. The monoisotopic (exact) mass is 273 g/mol. The summed E-state index contributed by atoms with van der Waals surface area (Å²) in [6, 6.07) is 1.90. The van der Waals surface area contributed by atoms with Crippen molar-refractivity contribution in [3.05, 3.63) is 24.9 Å². The SMILES string of the molecule is CC1(C)OB(c2cncc(-c3ncon3)c2)OC1(C)C. The van der Waals surface area contributed by atoms with Gasteiger partial charge in [0.25, 0.3) is 0 Å². The van der Waals surface area contributed by atoms with Crippen molar-refractivity contribution in [1.82, 2.24) is 15.1 Å². The van der Waals surface area contributed by atoms with Crippen LogP contribution in [0.25, 0.3) is 11.4 Å².